The number of nitrogens with zero attached hydrogens (tertiary/aromatic N) is 2. The number of halogens is 1. The first-order valence-electron chi connectivity index (χ1n) is 10.2. The van der Waals surface area contributed by atoms with Gasteiger partial charge in [-0.2, -0.15) is 5.26 Å². The van der Waals surface area contributed by atoms with Crippen molar-refractivity contribution in [3.63, 3.8) is 0 Å². The molecule has 0 aliphatic heterocycles. The standard InChI is InChI=1S/C24H23ClN2O3/c1-14(7-16-5-6-19(12-26)27(2)24(16)29)20-8-17-9-21(25)23(30-13-15-3-4-15)11-18(17)10-22(20)28/h5-6,8-9,11,14-15H,3-4,7,10,13H2,1-2H3/t14-/m1/s1. The zero-order valence-corrected chi connectivity index (χ0v) is 17.8. The first-order valence-corrected chi connectivity index (χ1v) is 10.5. The summed E-state index contributed by atoms with van der Waals surface area (Å²) >= 11 is 6.42. The Bertz CT molecular complexity index is 1150. The first kappa shape index (κ1) is 20.4. The molecular weight excluding hydrogens is 400 g/mol. The minimum atomic E-state index is -0.203. The average molecular weight is 423 g/mol. The molecular formula is C24H23ClN2O3. The van der Waals surface area contributed by atoms with E-state index in [0.717, 1.165) is 11.1 Å². The number of carbonyl (C=O) groups excluding carboxylic acids is 1. The van der Waals surface area contributed by atoms with Crippen molar-refractivity contribution in [1.29, 1.82) is 5.26 Å². The number of rotatable bonds is 6. The van der Waals surface area contributed by atoms with Crippen molar-refractivity contribution in [3.05, 3.63) is 67.6 Å². The Labute approximate surface area is 180 Å². The Kier molecular flexibility index (Phi) is 5.53. The zero-order chi connectivity index (χ0) is 21.4. The predicted octanol–water partition coefficient (Wildman–Crippen LogP) is 4.09. The molecule has 1 aromatic carbocycles. The Hall–Kier alpha value is -2.84. The van der Waals surface area contributed by atoms with Crippen LogP contribution in [0.1, 0.15) is 42.1 Å². The maximum absolute atomic E-state index is 12.8. The highest BCUT2D eigenvalue weighted by atomic mass is 35.5. The van der Waals surface area contributed by atoms with Gasteiger partial charge < -0.3 is 9.30 Å². The smallest absolute Gasteiger partial charge is 0.254 e. The summed E-state index contributed by atoms with van der Waals surface area (Å²) in [6, 6.07) is 9.06. The molecule has 0 saturated heterocycles. The van der Waals surface area contributed by atoms with Gasteiger partial charge in [-0.1, -0.05) is 24.6 Å². The summed E-state index contributed by atoms with van der Waals surface area (Å²) < 4.78 is 7.18. The molecule has 2 aromatic rings. The Morgan fingerprint density at radius 1 is 1.30 bits per heavy atom. The Morgan fingerprint density at radius 3 is 2.77 bits per heavy atom. The number of hydrogen-bond donors (Lipinski definition) is 0. The zero-order valence-electron chi connectivity index (χ0n) is 17.1. The van der Waals surface area contributed by atoms with Gasteiger partial charge >= 0.3 is 0 Å². The molecule has 1 saturated carbocycles. The highest BCUT2D eigenvalue weighted by molar-refractivity contribution is 6.32. The number of hydrogen-bond acceptors (Lipinski definition) is 4. The van der Waals surface area contributed by atoms with Crippen LogP contribution in [-0.4, -0.2) is 17.0 Å². The highest BCUT2D eigenvalue weighted by Gasteiger charge is 2.26. The summed E-state index contributed by atoms with van der Waals surface area (Å²) in [5.74, 6) is 1.19. The van der Waals surface area contributed by atoms with Crippen LogP contribution in [0.3, 0.4) is 0 Å². The second-order valence-electron chi connectivity index (χ2n) is 8.26. The van der Waals surface area contributed by atoms with Gasteiger partial charge in [0.1, 0.15) is 17.5 Å². The number of benzene rings is 1. The second-order valence-corrected chi connectivity index (χ2v) is 8.67. The number of aromatic nitrogens is 1. The lowest BCUT2D eigenvalue weighted by Gasteiger charge is -2.22. The van der Waals surface area contributed by atoms with Crippen LogP contribution in [0, 0.1) is 23.2 Å². The van der Waals surface area contributed by atoms with Gasteiger partial charge in [-0.05, 0) is 72.1 Å². The molecule has 0 N–H and O–H groups in total. The number of ketones is 1. The van der Waals surface area contributed by atoms with Crippen LogP contribution < -0.4 is 10.3 Å². The summed E-state index contributed by atoms with van der Waals surface area (Å²) in [5.41, 5.74) is 3.23. The summed E-state index contributed by atoms with van der Waals surface area (Å²) in [6.45, 7) is 2.62. The van der Waals surface area contributed by atoms with Gasteiger partial charge in [-0.3, -0.25) is 9.59 Å². The van der Waals surface area contributed by atoms with Crippen LogP contribution in [0.4, 0.5) is 0 Å². The topological polar surface area (TPSA) is 72.1 Å². The van der Waals surface area contributed by atoms with Crippen molar-refractivity contribution in [2.75, 3.05) is 6.61 Å². The lowest BCUT2D eigenvalue weighted by Crippen LogP contribution is -2.26. The number of allylic oxidation sites excluding steroid dienone is 1. The molecule has 0 spiro atoms. The third-order valence-corrected chi connectivity index (χ3v) is 6.20. The molecule has 4 rings (SSSR count). The number of nitriles is 1. The predicted molar refractivity (Wildman–Crippen MR) is 116 cm³/mol. The molecule has 0 radical (unpaired) electrons. The van der Waals surface area contributed by atoms with E-state index in [1.807, 2.05) is 31.2 Å². The van der Waals surface area contributed by atoms with Gasteiger partial charge in [0, 0.05) is 19.0 Å². The van der Waals surface area contributed by atoms with Crippen LogP contribution in [0.25, 0.3) is 6.08 Å². The van der Waals surface area contributed by atoms with Gasteiger partial charge in [0.25, 0.3) is 5.56 Å². The van der Waals surface area contributed by atoms with E-state index in [4.69, 9.17) is 21.6 Å². The first-order chi connectivity index (χ1) is 14.4. The van der Waals surface area contributed by atoms with E-state index < -0.39 is 0 Å². The third-order valence-electron chi connectivity index (χ3n) is 5.90. The second kappa shape index (κ2) is 8.12. The van der Waals surface area contributed by atoms with Gasteiger partial charge in [0.05, 0.1) is 11.6 Å². The molecule has 6 heteroatoms. The van der Waals surface area contributed by atoms with Crippen molar-refractivity contribution in [3.8, 4) is 11.8 Å². The lowest BCUT2D eigenvalue weighted by molar-refractivity contribution is -0.115. The van der Waals surface area contributed by atoms with E-state index in [9.17, 15) is 9.59 Å². The number of ether oxygens (including phenoxy) is 1. The van der Waals surface area contributed by atoms with Crippen molar-refractivity contribution in [1.82, 2.24) is 4.57 Å². The summed E-state index contributed by atoms with van der Waals surface area (Å²) in [4.78, 5) is 25.4. The molecule has 1 aromatic heterocycles. The molecule has 5 nitrogen and oxygen atoms in total. The van der Waals surface area contributed by atoms with Crippen LogP contribution in [0.2, 0.25) is 5.02 Å². The molecule has 0 unspecified atom stereocenters. The van der Waals surface area contributed by atoms with Gasteiger partial charge in [0.2, 0.25) is 0 Å². The highest BCUT2D eigenvalue weighted by Crippen LogP contribution is 2.36. The van der Waals surface area contributed by atoms with E-state index in [2.05, 4.69) is 0 Å². The monoisotopic (exact) mass is 422 g/mol. The van der Waals surface area contributed by atoms with E-state index in [0.29, 0.717) is 53.0 Å². The minimum Gasteiger partial charge on any atom is -0.492 e. The van der Waals surface area contributed by atoms with E-state index in [1.165, 1.54) is 17.4 Å². The molecule has 1 fully saturated rings. The maximum Gasteiger partial charge on any atom is 0.254 e. The van der Waals surface area contributed by atoms with E-state index >= 15 is 0 Å². The summed E-state index contributed by atoms with van der Waals surface area (Å²) in [7, 11) is 1.58. The maximum atomic E-state index is 12.8. The van der Waals surface area contributed by atoms with Crippen molar-refractivity contribution in [2.24, 2.45) is 18.9 Å². The number of carbonyl (C=O) groups is 1. The number of Topliss-reactive ketones (excluding diaryl/α,β-unsaturated/α-hetero) is 1. The van der Waals surface area contributed by atoms with Gasteiger partial charge in [0.15, 0.2) is 5.78 Å². The molecule has 30 heavy (non-hydrogen) atoms. The van der Waals surface area contributed by atoms with Gasteiger partial charge in [-0.25, -0.2) is 0 Å². The Morgan fingerprint density at radius 2 is 2.07 bits per heavy atom. The van der Waals surface area contributed by atoms with E-state index in [1.54, 1.807) is 19.2 Å². The van der Waals surface area contributed by atoms with Crippen LogP contribution in [0.5, 0.6) is 5.75 Å². The molecule has 0 bridgehead atoms. The average Bonchev–Trinajstić information content (AvgIpc) is 3.54. The number of fused-ring (bicyclic) bond motifs is 1. The largest absolute Gasteiger partial charge is 0.492 e. The molecule has 2 aliphatic rings. The Balaban J connectivity index is 1.58. The van der Waals surface area contributed by atoms with Crippen molar-refractivity contribution in [2.45, 2.75) is 32.6 Å². The molecule has 154 valence electrons. The quantitative estimate of drug-likeness (QED) is 0.702. The van der Waals surface area contributed by atoms with Crippen LogP contribution in [-0.2, 0) is 24.7 Å². The normalized spacial score (nSPS) is 16.5. The van der Waals surface area contributed by atoms with Crippen molar-refractivity contribution >= 4 is 23.5 Å². The SMILES string of the molecule is C[C@H](Cc1ccc(C#N)n(C)c1=O)C1=Cc2cc(Cl)c(OCC3CC3)cc2CC1=O. The minimum absolute atomic E-state index is 0.0518. The van der Waals surface area contributed by atoms with E-state index in [-0.39, 0.29) is 17.3 Å². The molecule has 2 aliphatic carbocycles. The van der Waals surface area contributed by atoms with Crippen LogP contribution in [0.15, 0.2) is 34.6 Å². The summed E-state index contributed by atoms with van der Waals surface area (Å²) in [5, 5.41) is 9.62. The van der Waals surface area contributed by atoms with Gasteiger partial charge in [-0.15, -0.1) is 0 Å². The lowest BCUT2D eigenvalue weighted by atomic mass is 9.83. The third kappa shape index (κ3) is 4.06. The fourth-order valence-corrected chi connectivity index (χ4v) is 4.06. The van der Waals surface area contributed by atoms with Crippen molar-refractivity contribution < 1.29 is 9.53 Å². The molecule has 1 heterocycles. The molecule has 0 amide bonds. The fourth-order valence-electron chi connectivity index (χ4n) is 3.84. The van der Waals surface area contributed by atoms with Crippen LogP contribution >= 0.6 is 11.6 Å². The number of pyridine rings is 1. The fraction of sp³-hybridized carbons (Fsp3) is 0.375. The summed E-state index contributed by atoms with van der Waals surface area (Å²) in [6.07, 6.45) is 5.02. The molecule has 1 atom stereocenters.